The molecule has 0 aromatic rings. The minimum atomic E-state index is -0.939. The lowest BCUT2D eigenvalue weighted by Crippen LogP contribution is -2.53. The molecule has 1 heterocycles. The molecular formula is C14H26N2O4. The van der Waals surface area contributed by atoms with E-state index in [1.165, 1.54) is 0 Å². The number of carboxylic acids is 1. The number of amides is 1. The number of ether oxygens (including phenoxy) is 1. The lowest BCUT2D eigenvalue weighted by atomic mass is 10.0. The average molecular weight is 286 g/mol. The molecule has 6 nitrogen and oxygen atoms in total. The fourth-order valence-corrected chi connectivity index (χ4v) is 2.22. The highest BCUT2D eigenvalue weighted by molar-refractivity contribution is 5.80. The van der Waals surface area contributed by atoms with Crippen LogP contribution in [0.25, 0.3) is 0 Å². The van der Waals surface area contributed by atoms with E-state index in [9.17, 15) is 9.59 Å². The Balaban J connectivity index is 2.38. The van der Waals surface area contributed by atoms with Crippen molar-refractivity contribution < 1.29 is 19.4 Å². The Labute approximate surface area is 120 Å². The van der Waals surface area contributed by atoms with Crippen LogP contribution in [0.3, 0.4) is 0 Å². The normalized spacial score (nSPS) is 21.7. The van der Waals surface area contributed by atoms with E-state index >= 15 is 0 Å². The molecule has 2 atom stereocenters. The molecule has 0 spiro atoms. The van der Waals surface area contributed by atoms with E-state index in [0.29, 0.717) is 19.1 Å². The highest BCUT2D eigenvalue weighted by Gasteiger charge is 2.30. The molecule has 6 heteroatoms. The van der Waals surface area contributed by atoms with Crippen molar-refractivity contribution in [2.24, 2.45) is 5.92 Å². The van der Waals surface area contributed by atoms with Crippen molar-refractivity contribution in [1.29, 1.82) is 0 Å². The highest BCUT2D eigenvalue weighted by atomic mass is 16.5. The fourth-order valence-electron chi connectivity index (χ4n) is 2.22. The summed E-state index contributed by atoms with van der Waals surface area (Å²) >= 11 is 0. The van der Waals surface area contributed by atoms with Crippen LogP contribution in [-0.4, -0.2) is 60.3 Å². The van der Waals surface area contributed by atoms with Crippen LogP contribution in [0.1, 0.15) is 33.6 Å². The number of nitrogens with one attached hydrogen (secondary N) is 1. The molecule has 1 saturated heterocycles. The number of rotatable bonds is 7. The smallest absolute Gasteiger partial charge is 0.323 e. The first kappa shape index (κ1) is 16.9. The summed E-state index contributed by atoms with van der Waals surface area (Å²) in [5, 5.41) is 12.0. The predicted octanol–water partition coefficient (Wildman–Crippen LogP) is 0.713. The maximum absolute atomic E-state index is 11.9. The number of carbonyl (C=O) groups excluding carboxylic acids is 1. The van der Waals surface area contributed by atoms with Gasteiger partial charge in [-0.1, -0.05) is 13.8 Å². The van der Waals surface area contributed by atoms with Crippen molar-refractivity contribution >= 4 is 11.9 Å². The minimum absolute atomic E-state index is 0.116. The molecule has 20 heavy (non-hydrogen) atoms. The van der Waals surface area contributed by atoms with Gasteiger partial charge in [0, 0.05) is 12.6 Å². The molecule has 0 radical (unpaired) electrons. The van der Waals surface area contributed by atoms with Gasteiger partial charge in [0.05, 0.1) is 19.8 Å². The summed E-state index contributed by atoms with van der Waals surface area (Å²) in [7, 11) is 0. The van der Waals surface area contributed by atoms with Gasteiger partial charge in [-0.25, -0.2) is 0 Å². The Morgan fingerprint density at radius 2 is 2.05 bits per heavy atom. The molecule has 0 aromatic carbocycles. The van der Waals surface area contributed by atoms with E-state index in [1.54, 1.807) is 4.90 Å². The third-order valence-corrected chi connectivity index (χ3v) is 3.46. The summed E-state index contributed by atoms with van der Waals surface area (Å²) in [4.78, 5) is 24.7. The third kappa shape index (κ3) is 5.88. The zero-order chi connectivity index (χ0) is 15.1. The molecule has 1 fully saturated rings. The molecule has 1 rings (SSSR count). The Hall–Kier alpha value is -1.14. The van der Waals surface area contributed by atoms with Crippen LogP contribution < -0.4 is 5.32 Å². The summed E-state index contributed by atoms with van der Waals surface area (Å²) in [5.74, 6) is -0.440. The second kappa shape index (κ2) is 8.21. The number of aliphatic carboxylic acids is 1. The lowest BCUT2D eigenvalue weighted by Gasteiger charge is -2.32. The maximum Gasteiger partial charge on any atom is 0.323 e. The van der Waals surface area contributed by atoms with Gasteiger partial charge in [0.2, 0.25) is 5.91 Å². The van der Waals surface area contributed by atoms with Crippen molar-refractivity contribution in [3.05, 3.63) is 0 Å². The van der Waals surface area contributed by atoms with Crippen LogP contribution in [0.4, 0.5) is 0 Å². The van der Waals surface area contributed by atoms with Crippen molar-refractivity contribution in [1.82, 2.24) is 10.2 Å². The Bertz CT molecular complexity index is 333. The summed E-state index contributed by atoms with van der Waals surface area (Å²) in [5.41, 5.74) is 0. The van der Waals surface area contributed by atoms with Crippen LogP contribution in [0, 0.1) is 5.92 Å². The summed E-state index contributed by atoms with van der Waals surface area (Å²) in [6, 6.07) is -0.602. The van der Waals surface area contributed by atoms with Gasteiger partial charge >= 0.3 is 5.97 Å². The van der Waals surface area contributed by atoms with Crippen molar-refractivity contribution in [2.45, 2.75) is 45.7 Å². The van der Waals surface area contributed by atoms with Crippen LogP contribution in [0.15, 0.2) is 0 Å². The molecule has 1 aliphatic heterocycles. The lowest BCUT2D eigenvalue weighted by molar-refractivity contribution is -0.150. The van der Waals surface area contributed by atoms with E-state index in [-0.39, 0.29) is 25.1 Å². The molecule has 2 unspecified atom stereocenters. The number of hydrogen-bond donors (Lipinski definition) is 2. The first-order valence-corrected chi connectivity index (χ1v) is 7.24. The zero-order valence-corrected chi connectivity index (χ0v) is 12.6. The molecule has 2 N–H and O–H groups in total. The fraction of sp³-hybridized carbons (Fsp3) is 0.857. The zero-order valence-electron chi connectivity index (χ0n) is 12.6. The highest BCUT2D eigenvalue weighted by Crippen LogP contribution is 2.08. The Morgan fingerprint density at radius 3 is 2.65 bits per heavy atom. The summed E-state index contributed by atoms with van der Waals surface area (Å²) < 4.78 is 5.15. The van der Waals surface area contributed by atoms with Gasteiger partial charge in [-0.3, -0.25) is 14.5 Å². The quantitative estimate of drug-likeness (QED) is 0.721. The Morgan fingerprint density at radius 1 is 1.35 bits per heavy atom. The number of carboxylic acid groups (broad SMARTS) is 1. The van der Waals surface area contributed by atoms with Gasteiger partial charge in [0.25, 0.3) is 0 Å². The molecule has 0 aromatic heterocycles. The number of carbonyl (C=O) groups is 2. The Kier molecular flexibility index (Phi) is 6.95. The maximum atomic E-state index is 11.9. The van der Waals surface area contributed by atoms with Crippen LogP contribution in [0.2, 0.25) is 0 Å². The van der Waals surface area contributed by atoms with Crippen LogP contribution in [0.5, 0.6) is 0 Å². The molecule has 1 aliphatic rings. The monoisotopic (exact) mass is 286 g/mol. The van der Waals surface area contributed by atoms with E-state index in [4.69, 9.17) is 9.84 Å². The van der Waals surface area contributed by atoms with Crippen LogP contribution in [-0.2, 0) is 14.3 Å². The molecule has 0 bridgehead atoms. The molecule has 116 valence electrons. The number of nitrogens with zero attached hydrogens (tertiary/aromatic N) is 1. The van der Waals surface area contributed by atoms with Crippen molar-refractivity contribution in [3.63, 3.8) is 0 Å². The largest absolute Gasteiger partial charge is 0.480 e. The molecule has 0 saturated carbocycles. The average Bonchev–Trinajstić information content (AvgIpc) is 2.36. The van der Waals surface area contributed by atoms with Gasteiger partial charge in [-0.2, -0.15) is 0 Å². The first-order valence-electron chi connectivity index (χ1n) is 7.24. The van der Waals surface area contributed by atoms with Gasteiger partial charge in [0.1, 0.15) is 6.04 Å². The standard InChI is InChI=1S/C14H26N2O4/c1-10(2)4-5-11(3)15-13(17)8-16-6-7-20-9-12(16)14(18)19/h10-12H,4-9H2,1-3H3,(H,15,17)(H,18,19). The number of morpholine rings is 1. The van der Waals surface area contributed by atoms with E-state index in [2.05, 4.69) is 19.2 Å². The predicted molar refractivity (Wildman–Crippen MR) is 75.5 cm³/mol. The van der Waals surface area contributed by atoms with Crippen LogP contribution >= 0.6 is 0 Å². The SMILES string of the molecule is CC(C)CCC(C)NC(=O)CN1CCOCC1C(=O)O. The summed E-state index contributed by atoms with van der Waals surface area (Å²) in [6.07, 6.45) is 2.01. The van der Waals surface area contributed by atoms with Gasteiger partial charge in [-0.05, 0) is 25.7 Å². The van der Waals surface area contributed by atoms with Gasteiger partial charge in [-0.15, -0.1) is 0 Å². The first-order chi connectivity index (χ1) is 9.40. The molecule has 1 amide bonds. The molecular weight excluding hydrogens is 260 g/mol. The third-order valence-electron chi connectivity index (χ3n) is 3.46. The van der Waals surface area contributed by atoms with E-state index < -0.39 is 12.0 Å². The topological polar surface area (TPSA) is 78.9 Å². The second-order valence-electron chi connectivity index (χ2n) is 5.84. The van der Waals surface area contributed by atoms with Crippen molar-refractivity contribution in [2.75, 3.05) is 26.3 Å². The van der Waals surface area contributed by atoms with E-state index in [1.807, 2.05) is 6.92 Å². The number of hydrogen-bond acceptors (Lipinski definition) is 4. The van der Waals surface area contributed by atoms with Gasteiger partial charge < -0.3 is 15.2 Å². The van der Waals surface area contributed by atoms with Crippen molar-refractivity contribution in [3.8, 4) is 0 Å². The second-order valence-corrected chi connectivity index (χ2v) is 5.84. The van der Waals surface area contributed by atoms with Gasteiger partial charge in [0.15, 0.2) is 0 Å². The van der Waals surface area contributed by atoms with E-state index in [0.717, 1.165) is 12.8 Å². The molecule has 0 aliphatic carbocycles. The summed E-state index contributed by atoms with van der Waals surface area (Å²) in [6.45, 7) is 7.50. The minimum Gasteiger partial charge on any atom is -0.480 e.